The molecule has 1 atom stereocenters. The minimum absolute atomic E-state index is 0.109. The first-order chi connectivity index (χ1) is 39.0. The largest absolute Gasteiger partial charge is 0.462 e. The van der Waals surface area contributed by atoms with E-state index in [1.165, 1.54) is 64.2 Å². The van der Waals surface area contributed by atoms with Crippen molar-refractivity contribution in [3.8, 4) is 0 Å². The fourth-order valence-corrected chi connectivity index (χ4v) is 8.27. The summed E-state index contributed by atoms with van der Waals surface area (Å²) in [6.45, 7) is 6.35. The lowest BCUT2D eigenvalue weighted by atomic mass is 10.1. The van der Waals surface area contributed by atoms with E-state index >= 15 is 0 Å². The summed E-state index contributed by atoms with van der Waals surface area (Å²) >= 11 is 0. The van der Waals surface area contributed by atoms with Crippen LogP contribution in [0.5, 0.6) is 0 Å². The zero-order valence-electron chi connectivity index (χ0n) is 50.8. The van der Waals surface area contributed by atoms with Gasteiger partial charge in [-0.15, -0.1) is 0 Å². The smallest absolute Gasteiger partial charge is 0.306 e. The average molecular weight is 1090 g/mol. The topological polar surface area (TPSA) is 78.9 Å². The summed E-state index contributed by atoms with van der Waals surface area (Å²) in [5.74, 6) is -0.978. The van der Waals surface area contributed by atoms with Crippen molar-refractivity contribution in [2.24, 2.45) is 0 Å². The van der Waals surface area contributed by atoms with E-state index in [0.29, 0.717) is 19.3 Å². The van der Waals surface area contributed by atoms with Crippen molar-refractivity contribution in [2.75, 3.05) is 13.2 Å². The van der Waals surface area contributed by atoms with Crippen LogP contribution in [0.1, 0.15) is 265 Å². The van der Waals surface area contributed by atoms with E-state index in [-0.39, 0.29) is 37.5 Å². The summed E-state index contributed by atoms with van der Waals surface area (Å²) in [6.07, 6.45) is 95.4. The standard InChI is InChI=1S/C73H116O6/c1-4-7-10-13-16-19-22-25-28-29-30-31-32-33-34-35-36-37-38-39-40-41-42-43-46-48-51-54-57-60-63-66-72(75)78-69-70(79-73(76)67-64-61-58-55-52-49-45-27-24-21-18-15-12-9-6-3)68-77-71(74)65-62-59-56-53-50-47-44-26-23-20-17-14-11-8-5-2/h7,9-10,12,16,18-19,21,25-28,30-31,33-34,36-37,39-40,42-45,52,55,70H,4-6,8,11,13-15,17,20,22-24,29,32,35,38,41,46-51,53-54,56-69H2,1-3H3/b10-7-,12-9-,19-16-,21-18-,28-25-,31-30-,34-33-,37-36-,40-39-,43-42-,44-26-,45-27-,55-52-. The number of carbonyl (C=O) groups excluding carboxylic acids is 3. The second-order valence-electron chi connectivity index (χ2n) is 20.5. The van der Waals surface area contributed by atoms with Crippen molar-refractivity contribution in [1.29, 1.82) is 0 Å². The molecule has 0 radical (unpaired) electrons. The number of rotatable bonds is 56. The quantitative estimate of drug-likeness (QED) is 0.0261. The van der Waals surface area contributed by atoms with E-state index < -0.39 is 6.10 Å². The van der Waals surface area contributed by atoms with Gasteiger partial charge in [-0.05, 0) is 148 Å². The van der Waals surface area contributed by atoms with Gasteiger partial charge in [-0.1, -0.05) is 256 Å². The molecule has 0 saturated heterocycles. The van der Waals surface area contributed by atoms with Gasteiger partial charge >= 0.3 is 17.9 Å². The lowest BCUT2D eigenvalue weighted by Crippen LogP contribution is -2.30. The van der Waals surface area contributed by atoms with Gasteiger partial charge < -0.3 is 14.2 Å². The van der Waals surface area contributed by atoms with Crippen LogP contribution in [0.25, 0.3) is 0 Å². The molecule has 444 valence electrons. The first kappa shape index (κ1) is 74.0. The Morgan fingerprint density at radius 1 is 0.266 bits per heavy atom. The minimum atomic E-state index is -0.817. The Balaban J connectivity index is 4.40. The molecule has 0 aliphatic carbocycles. The van der Waals surface area contributed by atoms with Crippen molar-refractivity contribution in [2.45, 2.75) is 271 Å². The van der Waals surface area contributed by atoms with Gasteiger partial charge in [0.1, 0.15) is 13.2 Å². The Hall–Kier alpha value is -4.97. The lowest BCUT2D eigenvalue weighted by molar-refractivity contribution is -0.167. The normalized spacial score (nSPS) is 13.2. The van der Waals surface area contributed by atoms with Crippen LogP contribution in [0.4, 0.5) is 0 Å². The van der Waals surface area contributed by atoms with Gasteiger partial charge in [0.25, 0.3) is 0 Å². The zero-order chi connectivity index (χ0) is 57.1. The summed E-state index contributed by atoms with van der Waals surface area (Å²) < 4.78 is 16.8. The fourth-order valence-electron chi connectivity index (χ4n) is 8.27. The van der Waals surface area contributed by atoms with Crippen LogP contribution >= 0.6 is 0 Å². The highest BCUT2D eigenvalue weighted by atomic mass is 16.6. The van der Waals surface area contributed by atoms with Crippen LogP contribution in [0.3, 0.4) is 0 Å². The molecule has 0 rings (SSSR count). The van der Waals surface area contributed by atoms with E-state index in [2.05, 4.69) is 179 Å². The molecule has 79 heavy (non-hydrogen) atoms. The first-order valence-corrected chi connectivity index (χ1v) is 32.0. The fraction of sp³-hybridized carbons (Fsp3) is 0.603. The van der Waals surface area contributed by atoms with Crippen LogP contribution < -0.4 is 0 Å². The second kappa shape index (κ2) is 65.5. The van der Waals surface area contributed by atoms with Crippen molar-refractivity contribution < 1.29 is 28.6 Å². The van der Waals surface area contributed by atoms with Crippen LogP contribution in [-0.4, -0.2) is 37.2 Å². The van der Waals surface area contributed by atoms with E-state index in [0.717, 1.165) is 154 Å². The summed E-state index contributed by atoms with van der Waals surface area (Å²) in [6, 6.07) is 0. The van der Waals surface area contributed by atoms with Gasteiger partial charge in [-0.2, -0.15) is 0 Å². The highest BCUT2D eigenvalue weighted by Gasteiger charge is 2.19. The summed E-state index contributed by atoms with van der Waals surface area (Å²) in [4.78, 5) is 38.3. The number of hydrogen-bond donors (Lipinski definition) is 0. The second-order valence-corrected chi connectivity index (χ2v) is 20.5. The number of unbranched alkanes of at least 4 members (excludes halogenated alkanes) is 19. The van der Waals surface area contributed by atoms with Crippen LogP contribution in [-0.2, 0) is 28.6 Å². The van der Waals surface area contributed by atoms with E-state index in [9.17, 15) is 14.4 Å². The Morgan fingerprint density at radius 2 is 0.494 bits per heavy atom. The summed E-state index contributed by atoms with van der Waals surface area (Å²) in [7, 11) is 0. The van der Waals surface area contributed by atoms with Gasteiger partial charge in [0.15, 0.2) is 6.10 Å². The predicted octanol–water partition coefficient (Wildman–Crippen LogP) is 22.1. The van der Waals surface area contributed by atoms with Gasteiger partial charge in [0.05, 0.1) is 0 Å². The molecule has 0 saturated carbocycles. The molecule has 6 heteroatoms. The van der Waals surface area contributed by atoms with Gasteiger partial charge in [-0.25, -0.2) is 0 Å². The Morgan fingerprint density at radius 3 is 0.810 bits per heavy atom. The third kappa shape index (κ3) is 63.7. The molecule has 1 unspecified atom stereocenters. The molecule has 0 bridgehead atoms. The van der Waals surface area contributed by atoms with Gasteiger partial charge in [0.2, 0.25) is 0 Å². The molecule has 0 aliphatic rings. The van der Waals surface area contributed by atoms with Crippen LogP contribution in [0.15, 0.2) is 158 Å². The molecule has 0 aromatic heterocycles. The van der Waals surface area contributed by atoms with Crippen molar-refractivity contribution >= 4 is 17.9 Å². The minimum Gasteiger partial charge on any atom is -0.462 e. The van der Waals surface area contributed by atoms with Crippen molar-refractivity contribution in [1.82, 2.24) is 0 Å². The third-order valence-electron chi connectivity index (χ3n) is 13.0. The first-order valence-electron chi connectivity index (χ1n) is 32.0. The maximum absolute atomic E-state index is 12.9. The number of carbonyl (C=O) groups is 3. The highest BCUT2D eigenvalue weighted by molar-refractivity contribution is 5.71. The Kier molecular flexibility index (Phi) is 61.4. The van der Waals surface area contributed by atoms with Crippen LogP contribution in [0, 0.1) is 0 Å². The molecule has 0 fully saturated rings. The number of esters is 3. The summed E-state index contributed by atoms with van der Waals surface area (Å²) in [5.41, 5.74) is 0. The maximum Gasteiger partial charge on any atom is 0.306 e. The van der Waals surface area contributed by atoms with Crippen LogP contribution in [0.2, 0.25) is 0 Å². The highest BCUT2D eigenvalue weighted by Crippen LogP contribution is 2.14. The summed E-state index contributed by atoms with van der Waals surface area (Å²) in [5, 5.41) is 0. The SMILES string of the molecule is CC/C=C\C/C=C\C/C=C\C/C=C\C/C=C\C/C=C\C/C=C\C/C=C\CCCCCCCCC(=O)OCC(COC(=O)CCCCCCC/C=C\CCCCCCCC)OC(=O)CCCC/C=C\C/C=C\C/C=C\C/C=C\CC. The average Bonchev–Trinajstić information content (AvgIpc) is 3.45. The maximum atomic E-state index is 12.9. The molecule has 0 aliphatic heterocycles. The van der Waals surface area contributed by atoms with Gasteiger partial charge in [-0.3, -0.25) is 14.4 Å². The Labute approximate surface area is 486 Å². The predicted molar refractivity (Wildman–Crippen MR) is 343 cm³/mol. The molecule has 0 aromatic carbocycles. The van der Waals surface area contributed by atoms with Gasteiger partial charge in [0, 0.05) is 19.3 Å². The Bertz CT molecular complexity index is 1780. The molecule has 6 nitrogen and oxygen atoms in total. The molecular weight excluding hydrogens is 973 g/mol. The molecule has 0 heterocycles. The number of hydrogen-bond acceptors (Lipinski definition) is 6. The monoisotopic (exact) mass is 1090 g/mol. The molecule has 0 spiro atoms. The van der Waals surface area contributed by atoms with E-state index in [1.807, 2.05) is 0 Å². The zero-order valence-corrected chi connectivity index (χ0v) is 50.8. The molecule has 0 aromatic rings. The molecule has 0 amide bonds. The molecular formula is C73H116O6. The lowest BCUT2D eigenvalue weighted by Gasteiger charge is -2.18. The molecule has 0 N–H and O–H groups in total. The number of allylic oxidation sites excluding steroid dienone is 26. The third-order valence-corrected chi connectivity index (χ3v) is 13.0. The van der Waals surface area contributed by atoms with E-state index in [1.54, 1.807) is 0 Å². The van der Waals surface area contributed by atoms with Crippen molar-refractivity contribution in [3.05, 3.63) is 158 Å². The van der Waals surface area contributed by atoms with E-state index in [4.69, 9.17) is 14.2 Å². The van der Waals surface area contributed by atoms with Crippen molar-refractivity contribution in [3.63, 3.8) is 0 Å². The number of ether oxygens (including phenoxy) is 3.